The van der Waals surface area contributed by atoms with Gasteiger partial charge in [0.15, 0.2) is 0 Å². The van der Waals surface area contributed by atoms with Gasteiger partial charge in [0.05, 0.1) is 22.7 Å². The molecule has 0 amide bonds. The molecule has 208 valence electrons. The largest absolute Gasteiger partial charge is 0.399 e. The molecule has 0 spiro atoms. The highest BCUT2D eigenvalue weighted by Gasteiger charge is 2.23. The Balaban J connectivity index is 1.94. The second-order valence-electron chi connectivity index (χ2n) is 9.32. The van der Waals surface area contributed by atoms with Gasteiger partial charge in [0.25, 0.3) is 20.2 Å². The lowest BCUT2D eigenvalue weighted by Gasteiger charge is -2.10. The molecule has 4 aromatic rings. The van der Waals surface area contributed by atoms with Gasteiger partial charge in [0, 0.05) is 22.1 Å². The first-order valence-corrected chi connectivity index (χ1v) is 14.6. The highest BCUT2D eigenvalue weighted by Crippen LogP contribution is 2.38. The summed E-state index contributed by atoms with van der Waals surface area (Å²) >= 11 is 0. The Morgan fingerprint density at radius 2 is 0.875 bits per heavy atom. The molecule has 14 heteroatoms. The number of benzene rings is 4. The van der Waals surface area contributed by atoms with E-state index in [4.69, 9.17) is 11.5 Å². The zero-order valence-electron chi connectivity index (χ0n) is 21.9. The Morgan fingerprint density at radius 1 is 0.525 bits per heavy atom. The van der Waals surface area contributed by atoms with Gasteiger partial charge in [-0.1, -0.05) is 0 Å². The fourth-order valence-corrected chi connectivity index (χ4v) is 5.43. The molecule has 0 fully saturated rings. The topological polar surface area (TPSA) is 210 Å². The number of nitrogen functional groups attached to an aromatic ring is 2. The molecule has 0 aromatic heterocycles. The molecular formula is C26H26N6O6S2. The zero-order valence-corrected chi connectivity index (χ0v) is 23.5. The highest BCUT2D eigenvalue weighted by molar-refractivity contribution is 7.86. The van der Waals surface area contributed by atoms with E-state index in [1.165, 1.54) is 12.1 Å². The Kier molecular flexibility index (Phi) is 7.47. The van der Waals surface area contributed by atoms with Gasteiger partial charge in [-0.25, -0.2) is 0 Å². The Bertz CT molecular complexity index is 1830. The van der Waals surface area contributed by atoms with E-state index in [2.05, 4.69) is 20.5 Å². The third-order valence-electron chi connectivity index (χ3n) is 6.23. The molecule has 0 aliphatic carbocycles. The lowest BCUT2D eigenvalue weighted by atomic mass is 10.1. The van der Waals surface area contributed by atoms with Crippen LogP contribution >= 0.6 is 0 Å². The van der Waals surface area contributed by atoms with Crippen molar-refractivity contribution in [1.29, 1.82) is 0 Å². The number of fused-ring (bicyclic) bond motifs is 1. The van der Waals surface area contributed by atoms with Crippen molar-refractivity contribution < 1.29 is 25.9 Å². The highest BCUT2D eigenvalue weighted by atomic mass is 32.2. The molecule has 0 unspecified atom stereocenters. The number of azo groups is 2. The molecule has 0 aliphatic heterocycles. The Hall–Kier alpha value is -4.24. The van der Waals surface area contributed by atoms with Crippen LogP contribution < -0.4 is 11.5 Å². The van der Waals surface area contributed by atoms with Gasteiger partial charge >= 0.3 is 0 Å². The van der Waals surface area contributed by atoms with Crippen molar-refractivity contribution in [1.82, 2.24) is 0 Å². The maximum absolute atomic E-state index is 12.4. The van der Waals surface area contributed by atoms with Crippen LogP contribution in [0.5, 0.6) is 0 Å². The first kappa shape index (κ1) is 28.8. The van der Waals surface area contributed by atoms with Crippen LogP contribution in [0.3, 0.4) is 0 Å². The summed E-state index contributed by atoms with van der Waals surface area (Å²) in [5.74, 6) is 0. The van der Waals surface area contributed by atoms with Gasteiger partial charge in [0.2, 0.25) is 0 Å². The van der Waals surface area contributed by atoms with Crippen LogP contribution in [0, 0.1) is 27.7 Å². The fraction of sp³-hybridized carbons (Fsp3) is 0.154. The molecule has 12 nitrogen and oxygen atoms in total. The van der Waals surface area contributed by atoms with Crippen LogP contribution in [-0.4, -0.2) is 25.9 Å². The van der Waals surface area contributed by atoms with Crippen LogP contribution in [0.2, 0.25) is 0 Å². The number of aryl methyl sites for hydroxylation is 4. The molecule has 4 rings (SSSR count). The number of nitrogens with zero attached hydrogens (tertiary/aromatic N) is 4. The van der Waals surface area contributed by atoms with E-state index in [1.807, 2.05) is 0 Å². The minimum Gasteiger partial charge on any atom is -0.399 e. The van der Waals surface area contributed by atoms with Crippen molar-refractivity contribution in [2.75, 3.05) is 11.5 Å². The SMILES string of the molecule is Cc1cc(/N=N/c2cc(S(=O)(=O)O)c3cc(/N=N/c4cc(C)c(N)cc4C)cc(S(=O)(=O)O)c3c2)c(C)cc1N. The summed E-state index contributed by atoms with van der Waals surface area (Å²) in [6.07, 6.45) is 0. The van der Waals surface area contributed by atoms with Gasteiger partial charge in [-0.3, -0.25) is 9.11 Å². The van der Waals surface area contributed by atoms with Crippen molar-refractivity contribution in [3.63, 3.8) is 0 Å². The summed E-state index contributed by atoms with van der Waals surface area (Å²) in [6.45, 7) is 7.08. The minimum atomic E-state index is -4.90. The van der Waals surface area contributed by atoms with Crippen molar-refractivity contribution >= 4 is 65.1 Å². The van der Waals surface area contributed by atoms with Gasteiger partial charge in [-0.2, -0.15) is 37.3 Å². The van der Waals surface area contributed by atoms with E-state index in [9.17, 15) is 25.9 Å². The second-order valence-corrected chi connectivity index (χ2v) is 12.1. The van der Waals surface area contributed by atoms with Gasteiger partial charge < -0.3 is 11.5 Å². The quantitative estimate of drug-likeness (QED) is 0.111. The van der Waals surface area contributed by atoms with Gasteiger partial charge in [-0.05, 0) is 98.5 Å². The number of hydrogen-bond donors (Lipinski definition) is 4. The molecule has 0 saturated heterocycles. The third-order valence-corrected chi connectivity index (χ3v) is 8.02. The Morgan fingerprint density at radius 3 is 1.20 bits per heavy atom. The van der Waals surface area contributed by atoms with E-state index in [0.717, 1.165) is 23.3 Å². The molecule has 4 aromatic carbocycles. The van der Waals surface area contributed by atoms with E-state index < -0.39 is 30.0 Å². The normalized spacial score (nSPS) is 12.7. The van der Waals surface area contributed by atoms with Crippen LogP contribution in [0.25, 0.3) is 10.8 Å². The molecule has 0 heterocycles. The minimum absolute atomic E-state index is 0.0961. The summed E-state index contributed by atoms with van der Waals surface area (Å²) in [6, 6.07) is 11.3. The first-order valence-electron chi connectivity index (χ1n) is 11.7. The summed E-state index contributed by atoms with van der Waals surface area (Å²) in [7, 11) is -9.80. The maximum atomic E-state index is 12.4. The molecule has 0 radical (unpaired) electrons. The second kappa shape index (κ2) is 10.4. The summed E-state index contributed by atoms with van der Waals surface area (Å²) in [5.41, 5.74) is 16.5. The van der Waals surface area contributed by atoms with E-state index in [1.54, 1.807) is 52.0 Å². The number of nitrogens with two attached hydrogens (primary N) is 2. The van der Waals surface area contributed by atoms with E-state index >= 15 is 0 Å². The average Bonchev–Trinajstić information content (AvgIpc) is 2.84. The molecular weight excluding hydrogens is 556 g/mol. The monoisotopic (exact) mass is 582 g/mol. The van der Waals surface area contributed by atoms with Crippen LogP contribution in [0.4, 0.5) is 34.1 Å². The smallest absolute Gasteiger partial charge is 0.295 e. The molecule has 0 atom stereocenters. The van der Waals surface area contributed by atoms with Crippen molar-refractivity contribution in [2.45, 2.75) is 37.5 Å². The molecule has 6 N–H and O–H groups in total. The predicted molar refractivity (Wildman–Crippen MR) is 153 cm³/mol. The zero-order chi connectivity index (χ0) is 29.6. The van der Waals surface area contributed by atoms with Crippen molar-refractivity contribution in [3.8, 4) is 0 Å². The van der Waals surface area contributed by atoms with Crippen LogP contribution in [-0.2, 0) is 20.2 Å². The molecule has 0 saturated carbocycles. The van der Waals surface area contributed by atoms with Gasteiger partial charge in [-0.15, -0.1) is 0 Å². The number of anilines is 2. The van der Waals surface area contributed by atoms with Crippen LogP contribution in [0.1, 0.15) is 22.3 Å². The third kappa shape index (κ3) is 5.99. The Labute approximate surface area is 231 Å². The number of hydrogen-bond acceptors (Lipinski definition) is 10. The first-order chi connectivity index (χ1) is 18.5. The lowest BCUT2D eigenvalue weighted by molar-refractivity contribution is 0.481. The van der Waals surface area contributed by atoms with E-state index in [-0.39, 0.29) is 22.1 Å². The molecule has 40 heavy (non-hydrogen) atoms. The lowest BCUT2D eigenvalue weighted by Crippen LogP contribution is -2.03. The van der Waals surface area contributed by atoms with Crippen molar-refractivity contribution in [3.05, 3.63) is 70.8 Å². The van der Waals surface area contributed by atoms with Crippen molar-refractivity contribution in [2.24, 2.45) is 20.5 Å². The number of rotatable bonds is 6. The maximum Gasteiger partial charge on any atom is 0.295 e. The van der Waals surface area contributed by atoms with Gasteiger partial charge in [0.1, 0.15) is 9.79 Å². The predicted octanol–water partition coefficient (Wildman–Crippen LogP) is 6.56. The summed E-state index contributed by atoms with van der Waals surface area (Å²) < 4.78 is 69.5. The fourth-order valence-electron chi connectivity index (χ4n) is 3.99. The molecule has 0 bridgehead atoms. The molecule has 0 aliphatic rings. The van der Waals surface area contributed by atoms with E-state index in [0.29, 0.717) is 33.9 Å². The summed E-state index contributed by atoms with van der Waals surface area (Å²) in [4.78, 5) is -1.32. The van der Waals surface area contributed by atoms with Crippen LogP contribution in [0.15, 0.2) is 78.8 Å². The summed E-state index contributed by atoms with van der Waals surface area (Å²) in [5, 5.41) is 15.9. The average molecular weight is 583 g/mol. The standard InChI is InChI=1S/C26H26N6O6S2/c1-13-7-23(15(3)5-21(13)27)31-29-17-9-19-20(25(11-17)39(33,34)35)10-18(12-26(19)40(36,37)38)30-32-24-8-14(2)22(28)6-16(24)4/h5-12H,27-28H2,1-4H3,(H,33,34,35)(H,36,37,38)/b31-29+,32-30+.